The topological polar surface area (TPSA) is 67.4 Å². The second-order valence-corrected chi connectivity index (χ2v) is 8.47. The summed E-state index contributed by atoms with van der Waals surface area (Å²) >= 11 is 0. The van der Waals surface area contributed by atoms with E-state index in [9.17, 15) is 9.59 Å². The van der Waals surface area contributed by atoms with Gasteiger partial charge in [-0.2, -0.15) is 0 Å². The highest BCUT2D eigenvalue weighted by molar-refractivity contribution is 6.07. The quantitative estimate of drug-likeness (QED) is 0.552. The third-order valence-electron chi connectivity index (χ3n) is 5.07. The van der Waals surface area contributed by atoms with E-state index in [0.717, 1.165) is 5.56 Å². The lowest BCUT2D eigenvalue weighted by molar-refractivity contribution is 0.101. The molecule has 0 fully saturated rings. The van der Waals surface area contributed by atoms with Crippen LogP contribution in [-0.4, -0.2) is 18.9 Å². The number of anilines is 2. The minimum absolute atomic E-state index is 0.0394. The Hall–Kier alpha value is -3.60. The molecule has 3 aromatic carbocycles. The molecule has 0 aliphatic rings. The fraction of sp³-hybridized carbons (Fsp3) is 0.231. The van der Waals surface area contributed by atoms with Gasteiger partial charge < -0.3 is 15.4 Å². The largest absolute Gasteiger partial charge is 0.496 e. The third-order valence-corrected chi connectivity index (χ3v) is 5.07. The molecule has 0 bridgehead atoms. The molecule has 3 aromatic rings. The lowest BCUT2D eigenvalue weighted by Gasteiger charge is -2.19. The molecule has 0 aliphatic carbocycles. The highest BCUT2D eigenvalue weighted by Crippen LogP contribution is 2.25. The van der Waals surface area contributed by atoms with Crippen LogP contribution < -0.4 is 15.4 Å². The van der Waals surface area contributed by atoms with Gasteiger partial charge in [-0.05, 0) is 65.9 Å². The van der Waals surface area contributed by atoms with Gasteiger partial charge >= 0.3 is 0 Å². The van der Waals surface area contributed by atoms with Crippen LogP contribution in [0.2, 0.25) is 0 Å². The van der Waals surface area contributed by atoms with Crippen molar-refractivity contribution in [2.45, 2.75) is 33.1 Å². The van der Waals surface area contributed by atoms with E-state index in [0.29, 0.717) is 28.3 Å². The van der Waals surface area contributed by atoms with Gasteiger partial charge in [-0.3, -0.25) is 9.59 Å². The van der Waals surface area contributed by atoms with Crippen LogP contribution in [0, 0.1) is 6.92 Å². The summed E-state index contributed by atoms with van der Waals surface area (Å²) in [4.78, 5) is 25.2. The van der Waals surface area contributed by atoms with Gasteiger partial charge in [0.15, 0.2) is 0 Å². The molecule has 5 heteroatoms. The summed E-state index contributed by atoms with van der Waals surface area (Å²) in [7, 11) is 1.55. The smallest absolute Gasteiger partial charge is 0.259 e. The molecule has 0 saturated heterocycles. The second-order valence-electron chi connectivity index (χ2n) is 8.47. The zero-order valence-electron chi connectivity index (χ0n) is 18.6. The number of rotatable bonds is 5. The van der Waals surface area contributed by atoms with Crippen molar-refractivity contribution in [1.82, 2.24) is 0 Å². The number of hydrogen-bond acceptors (Lipinski definition) is 3. The Balaban J connectivity index is 1.66. The Labute approximate surface area is 183 Å². The lowest BCUT2D eigenvalue weighted by atomic mass is 9.87. The number of amides is 2. The predicted octanol–water partition coefficient (Wildman–Crippen LogP) is 5.81. The predicted molar refractivity (Wildman–Crippen MR) is 125 cm³/mol. The summed E-state index contributed by atoms with van der Waals surface area (Å²) in [5.41, 5.74) is 4.45. The number of nitrogens with one attached hydrogen (secondary N) is 2. The highest BCUT2D eigenvalue weighted by Gasteiger charge is 2.15. The zero-order chi connectivity index (χ0) is 22.6. The number of aryl methyl sites for hydroxylation is 1. The van der Waals surface area contributed by atoms with Crippen LogP contribution in [0.3, 0.4) is 0 Å². The van der Waals surface area contributed by atoms with Gasteiger partial charge in [0.2, 0.25) is 0 Å². The minimum atomic E-state index is -0.253. The van der Waals surface area contributed by atoms with Gasteiger partial charge in [0.05, 0.1) is 12.7 Å². The number of carbonyl (C=O) groups is 2. The van der Waals surface area contributed by atoms with Crippen molar-refractivity contribution in [3.8, 4) is 5.75 Å². The molecule has 0 saturated carbocycles. The summed E-state index contributed by atoms with van der Waals surface area (Å²) in [6.07, 6.45) is 0. The summed E-state index contributed by atoms with van der Waals surface area (Å²) in [6, 6.07) is 20.1. The summed E-state index contributed by atoms with van der Waals surface area (Å²) < 4.78 is 5.36. The van der Waals surface area contributed by atoms with Crippen LogP contribution in [0.25, 0.3) is 0 Å². The first-order chi connectivity index (χ1) is 14.7. The molecule has 0 atom stereocenters. The molecule has 3 rings (SSSR count). The fourth-order valence-electron chi connectivity index (χ4n) is 3.26. The molecular weight excluding hydrogens is 388 g/mol. The molecule has 2 N–H and O–H groups in total. The number of hydrogen-bond donors (Lipinski definition) is 2. The number of methoxy groups -OCH3 is 1. The van der Waals surface area contributed by atoms with E-state index in [4.69, 9.17) is 4.74 Å². The number of carbonyl (C=O) groups excluding carboxylic acids is 2. The molecule has 0 spiro atoms. The SMILES string of the molecule is COc1c(C)cccc1C(=O)Nc1ccc(NC(=O)c2ccc(C(C)(C)C)cc2)cc1. The second kappa shape index (κ2) is 9.04. The zero-order valence-corrected chi connectivity index (χ0v) is 18.6. The normalized spacial score (nSPS) is 11.0. The Kier molecular flexibility index (Phi) is 6.44. The van der Waals surface area contributed by atoms with E-state index in [2.05, 4.69) is 31.4 Å². The van der Waals surface area contributed by atoms with Crippen molar-refractivity contribution in [3.63, 3.8) is 0 Å². The maximum Gasteiger partial charge on any atom is 0.259 e. The van der Waals surface area contributed by atoms with Gasteiger partial charge in [-0.1, -0.05) is 45.0 Å². The van der Waals surface area contributed by atoms with Gasteiger partial charge in [0, 0.05) is 16.9 Å². The Bertz CT molecular complexity index is 1080. The molecule has 31 heavy (non-hydrogen) atoms. The van der Waals surface area contributed by atoms with E-state index in [1.165, 1.54) is 5.56 Å². The molecule has 0 radical (unpaired) electrons. The maximum absolute atomic E-state index is 12.6. The van der Waals surface area contributed by atoms with Gasteiger partial charge in [0.25, 0.3) is 11.8 Å². The minimum Gasteiger partial charge on any atom is -0.496 e. The van der Waals surface area contributed by atoms with Gasteiger partial charge in [0.1, 0.15) is 5.75 Å². The average Bonchev–Trinajstić information content (AvgIpc) is 2.74. The highest BCUT2D eigenvalue weighted by atomic mass is 16.5. The average molecular weight is 417 g/mol. The first-order valence-electron chi connectivity index (χ1n) is 10.2. The maximum atomic E-state index is 12.6. The van der Waals surface area contributed by atoms with Crippen LogP contribution in [0.4, 0.5) is 11.4 Å². The van der Waals surface area contributed by atoms with Crippen molar-refractivity contribution in [1.29, 1.82) is 0 Å². The van der Waals surface area contributed by atoms with Crippen LogP contribution in [0.1, 0.15) is 52.6 Å². The van der Waals surface area contributed by atoms with Gasteiger partial charge in [-0.15, -0.1) is 0 Å². The van der Waals surface area contributed by atoms with Crippen LogP contribution >= 0.6 is 0 Å². The fourth-order valence-corrected chi connectivity index (χ4v) is 3.26. The molecular formula is C26H28N2O3. The van der Waals surface area contributed by atoms with E-state index in [1.807, 2.05) is 43.3 Å². The molecule has 5 nitrogen and oxygen atoms in total. The number of benzene rings is 3. The standard InChI is InChI=1S/C26H28N2O3/c1-17-7-6-8-22(23(17)31-5)25(30)28-21-15-13-20(14-16-21)27-24(29)18-9-11-19(12-10-18)26(2,3)4/h6-16H,1-5H3,(H,27,29)(H,28,30). The number of ether oxygens (including phenoxy) is 1. The lowest BCUT2D eigenvalue weighted by Crippen LogP contribution is -2.15. The van der Waals surface area contributed by atoms with E-state index < -0.39 is 0 Å². The van der Waals surface area contributed by atoms with E-state index in [1.54, 1.807) is 37.4 Å². The van der Waals surface area contributed by atoms with Crippen LogP contribution in [-0.2, 0) is 5.41 Å². The molecule has 0 unspecified atom stereocenters. The van der Waals surface area contributed by atoms with Crippen molar-refractivity contribution in [2.24, 2.45) is 0 Å². The first-order valence-corrected chi connectivity index (χ1v) is 10.2. The monoisotopic (exact) mass is 416 g/mol. The first kappa shape index (κ1) is 22.1. The van der Waals surface area contributed by atoms with Gasteiger partial charge in [-0.25, -0.2) is 0 Å². The van der Waals surface area contributed by atoms with Crippen molar-refractivity contribution in [2.75, 3.05) is 17.7 Å². The molecule has 2 amide bonds. The van der Waals surface area contributed by atoms with E-state index in [-0.39, 0.29) is 17.2 Å². The molecule has 160 valence electrons. The van der Waals surface area contributed by atoms with Crippen molar-refractivity contribution < 1.29 is 14.3 Å². The molecule has 0 aliphatic heterocycles. The third kappa shape index (κ3) is 5.31. The molecule has 0 aromatic heterocycles. The van der Waals surface area contributed by atoms with Crippen LogP contribution in [0.15, 0.2) is 66.7 Å². The van der Waals surface area contributed by atoms with Crippen molar-refractivity contribution in [3.05, 3.63) is 89.0 Å². The number of para-hydroxylation sites is 1. The Morgan fingerprint density at radius 3 is 1.84 bits per heavy atom. The van der Waals surface area contributed by atoms with Crippen LogP contribution in [0.5, 0.6) is 5.75 Å². The van der Waals surface area contributed by atoms with Crippen molar-refractivity contribution >= 4 is 23.2 Å². The Morgan fingerprint density at radius 1 is 0.774 bits per heavy atom. The summed E-state index contributed by atoms with van der Waals surface area (Å²) in [6.45, 7) is 8.30. The summed E-state index contributed by atoms with van der Waals surface area (Å²) in [5, 5.41) is 5.74. The summed E-state index contributed by atoms with van der Waals surface area (Å²) in [5.74, 6) is 0.124. The Morgan fingerprint density at radius 2 is 1.32 bits per heavy atom. The molecule has 0 heterocycles. The van der Waals surface area contributed by atoms with E-state index >= 15 is 0 Å².